The van der Waals surface area contributed by atoms with Crippen molar-refractivity contribution in [3.63, 3.8) is 0 Å². The molecule has 2 N–H and O–H groups in total. The van der Waals surface area contributed by atoms with Crippen LogP contribution in [-0.4, -0.2) is 32.8 Å². The summed E-state index contributed by atoms with van der Waals surface area (Å²) in [6, 6.07) is 6.77. The number of guanidine groups is 1. The molecule has 0 saturated heterocycles. The van der Waals surface area contributed by atoms with Crippen molar-refractivity contribution in [1.29, 1.82) is 0 Å². The lowest BCUT2D eigenvalue weighted by atomic mass is 10.2. The van der Waals surface area contributed by atoms with Crippen LogP contribution < -0.4 is 10.6 Å². The lowest BCUT2D eigenvalue weighted by Crippen LogP contribution is -2.36. The first-order chi connectivity index (χ1) is 11.3. The third kappa shape index (κ3) is 4.58. The average Bonchev–Trinajstić information content (AvgIpc) is 2.86. The summed E-state index contributed by atoms with van der Waals surface area (Å²) in [5.74, 6) is 1.43. The highest BCUT2D eigenvalue weighted by molar-refractivity contribution is 7.90. The van der Waals surface area contributed by atoms with Crippen LogP contribution >= 0.6 is 0 Å². The second kappa shape index (κ2) is 7.48. The van der Waals surface area contributed by atoms with E-state index in [1.807, 2.05) is 13.8 Å². The fourth-order valence-electron chi connectivity index (χ4n) is 2.19. The monoisotopic (exact) mass is 350 g/mol. The molecule has 0 bridgehead atoms. The third-order valence-electron chi connectivity index (χ3n) is 3.65. The van der Waals surface area contributed by atoms with Crippen LogP contribution in [0.5, 0.6) is 0 Å². The molecule has 24 heavy (non-hydrogen) atoms. The Labute approximate surface area is 142 Å². The van der Waals surface area contributed by atoms with Crippen LogP contribution in [0.3, 0.4) is 0 Å². The number of aromatic nitrogens is 1. The maximum absolute atomic E-state index is 11.5. The quantitative estimate of drug-likeness (QED) is 0.627. The van der Waals surface area contributed by atoms with Crippen LogP contribution in [0.1, 0.15) is 22.6 Å². The summed E-state index contributed by atoms with van der Waals surface area (Å²) in [6.07, 6.45) is 1.20. The van der Waals surface area contributed by atoms with Gasteiger partial charge in [0.1, 0.15) is 5.76 Å². The van der Waals surface area contributed by atoms with Gasteiger partial charge in [0.05, 0.1) is 10.6 Å². The highest BCUT2D eigenvalue weighted by atomic mass is 32.2. The molecule has 7 nitrogen and oxygen atoms in total. The van der Waals surface area contributed by atoms with Gasteiger partial charge in [0.2, 0.25) is 0 Å². The van der Waals surface area contributed by atoms with Crippen molar-refractivity contribution in [3.8, 4) is 0 Å². The molecule has 0 unspecified atom stereocenters. The third-order valence-corrected chi connectivity index (χ3v) is 4.78. The predicted molar refractivity (Wildman–Crippen MR) is 92.6 cm³/mol. The van der Waals surface area contributed by atoms with Crippen molar-refractivity contribution in [1.82, 2.24) is 15.8 Å². The minimum absolute atomic E-state index is 0.312. The highest BCUT2D eigenvalue weighted by Crippen LogP contribution is 2.12. The standard InChI is InChI=1S/C16H22N4O3S/c1-11-15(12(2)23-20-11)10-19-16(17-3)18-9-13-5-7-14(8-6-13)24(4,21)22/h5-8H,9-10H2,1-4H3,(H2,17,18,19). The molecule has 2 aromatic rings. The molecule has 0 aliphatic carbocycles. The molecule has 130 valence electrons. The number of sulfone groups is 1. The van der Waals surface area contributed by atoms with E-state index in [4.69, 9.17) is 4.52 Å². The van der Waals surface area contributed by atoms with Gasteiger partial charge >= 0.3 is 0 Å². The predicted octanol–water partition coefficient (Wildman–Crippen LogP) is 1.56. The fourth-order valence-corrected chi connectivity index (χ4v) is 2.82. The zero-order valence-corrected chi connectivity index (χ0v) is 15.1. The van der Waals surface area contributed by atoms with Crippen LogP contribution in [0.25, 0.3) is 0 Å². The van der Waals surface area contributed by atoms with Crippen molar-refractivity contribution < 1.29 is 12.9 Å². The number of nitrogens with one attached hydrogen (secondary N) is 2. The maximum atomic E-state index is 11.5. The zero-order chi connectivity index (χ0) is 17.7. The molecule has 1 aromatic carbocycles. The Bertz CT molecular complexity index is 804. The van der Waals surface area contributed by atoms with E-state index in [1.165, 1.54) is 6.26 Å². The molecule has 2 rings (SSSR count). The van der Waals surface area contributed by atoms with Gasteiger partial charge in [-0.2, -0.15) is 0 Å². The normalized spacial score (nSPS) is 12.2. The van der Waals surface area contributed by atoms with Crippen LogP contribution in [0.2, 0.25) is 0 Å². The van der Waals surface area contributed by atoms with Crippen LogP contribution in [0.15, 0.2) is 38.7 Å². The summed E-state index contributed by atoms with van der Waals surface area (Å²) in [5, 5.41) is 10.3. The molecule has 1 aromatic heterocycles. The average molecular weight is 350 g/mol. The van der Waals surface area contributed by atoms with Crippen molar-refractivity contribution in [2.45, 2.75) is 31.8 Å². The highest BCUT2D eigenvalue weighted by Gasteiger charge is 2.10. The Morgan fingerprint density at radius 3 is 2.29 bits per heavy atom. The number of aliphatic imine (C=N–C) groups is 1. The number of hydrogen-bond donors (Lipinski definition) is 2. The van der Waals surface area contributed by atoms with E-state index in [-0.39, 0.29) is 0 Å². The Hall–Kier alpha value is -2.35. The topological polar surface area (TPSA) is 96.6 Å². The molecule has 0 radical (unpaired) electrons. The van der Waals surface area contributed by atoms with Crippen molar-refractivity contribution in [3.05, 3.63) is 46.8 Å². The van der Waals surface area contributed by atoms with Crippen LogP contribution in [0.4, 0.5) is 0 Å². The van der Waals surface area contributed by atoms with Gasteiger partial charge in [0.15, 0.2) is 15.8 Å². The molecule has 0 atom stereocenters. The number of nitrogens with zero attached hydrogens (tertiary/aromatic N) is 2. The molecule has 0 fully saturated rings. The summed E-state index contributed by atoms with van der Waals surface area (Å²) in [7, 11) is -1.48. The Kier molecular flexibility index (Phi) is 5.61. The smallest absolute Gasteiger partial charge is 0.191 e. The van der Waals surface area contributed by atoms with Gasteiger partial charge in [0, 0.05) is 32.0 Å². The van der Waals surface area contributed by atoms with Gasteiger partial charge in [-0.25, -0.2) is 8.42 Å². The second-order valence-electron chi connectivity index (χ2n) is 5.50. The van der Waals surface area contributed by atoms with Gasteiger partial charge in [-0.05, 0) is 31.5 Å². The minimum atomic E-state index is -3.17. The van der Waals surface area contributed by atoms with E-state index in [0.717, 1.165) is 22.6 Å². The Balaban J connectivity index is 1.92. The molecule has 0 aliphatic heterocycles. The van der Waals surface area contributed by atoms with E-state index in [1.54, 1.807) is 31.3 Å². The summed E-state index contributed by atoms with van der Waals surface area (Å²) in [5.41, 5.74) is 2.82. The molecular formula is C16H22N4O3S. The summed E-state index contributed by atoms with van der Waals surface area (Å²) in [6.45, 7) is 4.86. The van der Waals surface area contributed by atoms with Gasteiger partial charge < -0.3 is 15.2 Å². The van der Waals surface area contributed by atoms with Crippen LogP contribution in [-0.2, 0) is 22.9 Å². The fraction of sp³-hybridized carbons (Fsp3) is 0.375. The second-order valence-corrected chi connectivity index (χ2v) is 7.51. The SMILES string of the molecule is CN=C(NCc1ccc(S(C)(=O)=O)cc1)NCc1c(C)noc1C. The molecule has 8 heteroatoms. The molecular weight excluding hydrogens is 328 g/mol. The first kappa shape index (κ1) is 18.0. The molecule has 1 heterocycles. The molecule has 0 amide bonds. The van der Waals surface area contributed by atoms with E-state index < -0.39 is 9.84 Å². The first-order valence-electron chi connectivity index (χ1n) is 7.46. The minimum Gasteiger partial charge on any atom is -0.361 e. The van der Waals surface area contributed by atoms with E-state index in [2.05, 4.69) is 20.8 Å². The summed E-state index contributed by atoms with van der Waals surface area (Å²) < 4.78 is 28.0. The molecule has 0 aliphatic rings. The van der Waals surface area contributed by atoms with Gasteiger partial charge in [-0.15, -0.1) is 0 Å². The number of rotatable bonds is 5. The number of benzene rings is 1. The number of hydrogen-bond acceptors (Lipinski definition) is 5. The van der Waals surface area contributed by atoms with Crippen molar-refractivity contribution >= 4 is 15.8 Å². The lowest BCUT2D eigenvalue weighted by molar-refractivity contribution is 0.392. The largest absolute Gasteiger partial charge is 0.361 e. The molecule has 0 saturated carbocycles. The lowest BCUT2D eigenvalue weighted by Gasteiger charge is -2.12. The molecule has 0 spiro atoms. The van der Waals surface area contributed by atoms with Crippen LogP contribution in [0, 0.1) is 13.8 Å². The summed E-state index contributed by atoms with van der Waals surface area (Å²) in [4.78, 5) is 4.48. The zero-order valence-electron chi connectivity index (χ0n) is 14.3. The first-order valence-corrected chi connectivity index (χ1v) is 9.35. The van der Waals surface area contributed by atoms with Crippen molar-refractivity contribution in [2.75, 3.05) is 13.3 Å². The van der Waals surface area contributed by atoms with Gasteiger partial charge in [-0.1, -0.05) is 17.3 Å². The van der Waals surface area contributed by atoms with Crippen molar-refractivity contribution in [2.24, 2.45) is 4.99 Å². The van der Waals surface area contributed by atoms with Gasteiger partial charge in [0.25, 0.3) is 0 Å². The van der Waals surface area contributed by atoms with E-state index in [0.29, 0.717) is 23.9 Å². The van der Waals surface area contributed by atoms with Gasteiger partial charge in [-0.3, -0.25) is 4.99 Å². The number of aryl methyl sites for hydroxylation is 2. The Morgan fingerprint density at radius 2 is 1.79 bits per heavy atom. The summed E-state index contributed by atoms with van der Waals surface area (Å²) >= 11 is 0. The van der Waals surface area contributed by atoms with E-state index in [9.17, 15) is 8.42 Å². The van der Waals surface area contributed by atoms with E-state index >= 15 is 0 Å². The maximum Gasteiger partial charge on any atom is 0.191 e. The Morgan fingerprint density at radius 1 is 1.17 bits per heavy atom.